The zero-order valence-corrected chi connectivity index (χ0v) is 13.0. The maximum atomic E-state index is 9.03. The second-order valence-electron chi connectivity index (χ2n) is 5.52. The average molecular weight is 307 g/mol. The Hall–Kier alpha value is -2.43. The third-order valence-corrected chi connectivity index (χ3v) is 3.83. The summed E-state index contributed by atoms with van der Waals surface area (Å²) < 4.78 is 1.85. The molecule has 4 heteroatoms. The minimum Gasteiger partial charge on any atom is -0.392 e. The third-order valence-electron chi connectivity index (χ3n) is 3.83. The molecule has 2 aromatic carbocycles. The van der Waals surface area contributed by atoms with Crippen molar-refractivity contribution in [2.75, 3.05) is 6.54 Å². The molecule has 4 nitrogen and oxygen atoms in total. The lowest BCUT2D eigenvalue weighted by Crippen LogP contribution is -2.16. The largest absolute Gasteiger partial charge is 0.392 e. The fourth-order valence-corrected chi connectivity index (χ4v) is 2.46. The summed E-state index contributed by atoms with van der Waals surface area (Å²) in [5.41, 5.74) is 4.57. The van der Waals surface area contributed by atoms with E-state index in [0.717, 1.165) is 30.8 Å². The van der Waals surface area contributed by atoms with E-state index in [-0.39, 0.29) is 6.61 Å². The van der Waals surface area contributed by atoms with Gasteiger partial charge in [-0.25, -0.2) is 4.68 Å². The molecule has 0 unspecified atom stereocenters. The lowest BCUT2D eigenvalue weighted by atomic mass is 10.1. The lowest BCUT2D eigenvalue weighted by Gasteiger charge is -2.07. The zero-order valence-electron chi connectivity index (χ0n) is 13.0. The van der Waals surface area contributed by atoms with Crippen molar-refractivity contribution >= 4 is 0 Å². The Labute approximate surface area is 136 Å². The maximum Gasteiger partial charge on any atom is 0.0681 e. The van der Waals surface area contributed by atoms with Crippen molar-refractivity contribution in [1.82, 2.24) is 15.1 Å². The summed E-state index contributed by atoms with van der Waals surface area (Å²) in [7, 11) is 0. The average Bonchev–Trinajstić information content (AvgIpc) is 3.14. The van der Waals surface area contributed by atoms with Crippen LogP contribution in [0.2, 0.25) is 0 Å². The summed E-state index contributed by atoms with van der Waals surface area (Å²) in [5, 5.41) is 16.7. The minimum atomic E-state index is 0.104. The van der Waals surface area contributed by atoms with Crippen molar-refractivity contribution in [3.63, 3.8) is 0 Å². The van der Waals surface area contributed by atoms with Crippen LogP contribution in [0.25, 0.3) is 5.69 Å². The third kappa shape index (κ3) is 4.28. The molecule has 0 aliphatic carbocycles. The van der Waals surface area contributed by atoms with Crippen LogP contribution in [0.1, 0.15) is 16.7 Å². The van der Waals surface area contributed by atoms with Crippen molar-refractivity contribution in [2.45, 2.75) is 19.6 Å². The van der Waals surface area contributed by atoms with Gasteiger partial charge in [0, 0.05) is 18.9 Å². The number of aromatic nitrogens is 2. The molecule has 0 amide bonds. The van der Waals surface area contributed by atoms with Gasteiger partial charge in [0.1, 0.15) is 0 Å². The van der Waals surface area contributed by atoms with Gasteiger partial charge in [0.05, 0.1) is 12.3 Å². The van der Waals surface area contributed by atoms with Crippen LogP contribution in [-0.2, 0) is 19.6 Å². The highest BCUT2D eigenvalue weighted by atomic mass is 16.3. The summed E-state index contributed by atoms with van der Waals surface area (Å²) >= 11 is 0. The fraction of sp³-hybridized carbons (Fsp3) is 0.211. The molecule has 0 aliphatic heterocycles. The molecule has 1 aromatic heterocycles. The van der Waals surface area contributed by atoms with Gasteiger partial charge in [0.25, 0.3) is 0 Å². The van der Waals surface area contributed by atoms with Gasteiger partial charge < -0.3 is 10.4 Å². The second-order valence-corrected chi connectivity index (χ2v) is 5.52. The fourth-order valence-electron chi connectivity index (χ4n) is 2.46. The number of hydrogen-bond donors (Lipinski definition) is 2. The molecule has 1 heterocycles. The molecule has 0 bridgehead atoms. The van der Waals surface area contributed by atoms with E-state index in [1.54, 1.807) is 6.20 Å². The summed E-state index contributed by atoms with van der Waals surface area (Å²) in [6, 6.07) is 18.4. The van der Waals surface area contributed by atoms with Crippen molar-refractivity contribution in [1.29, 1.82) is 0 Å². The van der Waals surface area contributed by atoms with Gasteiger partial charge in [-0.15, -0.1) is 0 Å². The van der Waals surface area contributed by atoms with E-state index >= 15 is 0 Å². The normalized spacial score (nSPS) is 10.8. The number of benzene rings is 2. The Morgan fingerprint density at radius 2 is 1.61 bits per heavy atom. The smallest absolute Gasteiger partial charge is 0.0681 e. The van der Waals surface area contributed by atoms with Gasteiger partial charge in [-0.1, -0.05) is 36.4 Å². The molecule has 0 aliphatic rings. The molecular formula is C19H21N3O. The first-order chi connectivity index (χ1) is 11.3. The van der Waals surface area contributed by atoms with Gasteiger partial charge in [-0.05, 0) is 47.9 Å². The van der Waals surface area contributed by atoms with Gasteiger partial charge in [0.15, 0.2) is 0 Å². The molecule has 3 rings (SSSR count). The molecule has 3 aromatic rings. The van der Waals surface area contributed by atoms with Crippen LogP contribution in [-0.4, -0.2) is 21.4 Å². The first-order valence-electron chi connectivity index (χ1n) is 7.83. The number of aliphatic hydroxyl groups excluding tert-OH is 1. The summed E-state index contributed by atoms with van der Waals surface area (Å²) in [4.78, 5) is 0. The van der Waals surface area contributed by atoms with Crippen molar-refractivity contribution in [3.05, 3.63) is 83.7 Å². The maximum absolute atomic E-state index is 9.03. The number of rotatable bonds is 7. The van der Waals surface area contributed by atoms with Gasteiger partial charge in [-0.3, -0.25) is 0 Å². The first kappa shape index (κ1) is 15.5. The van der Waals surface area contributed by atoms with Crippen LogP contribution in [0.4, 0.5) is 0 Å². The Kier molecular flexibility index (Phi) is 5.19. The van der Waals surface area contributed by atoms with Gasteiger partial charge in [0.2, 0.25) is 0 Å². The number of hydrogen-bond acceptors (Lipinski definition) is 3. The SMILES string of the molecule is OCc1ccc(CCNCc2ccc(-n3cccn3)cc2)cc1. The van der Waals surface area contributed by atoms with Crippen LogP contribution >= 0.6 is 0 Å². The summed E-state index contributed by atoms with van der Waals surface area (Å²) in [6.07, 6.45) is 4.70. The standard InChI is InChI=1S/C19H21N3O/c23-15-18-4-2-16(3-5-18)10-12-20-14-17-6-8-19(9-7-17)22-13-1-11-21-22/h1-9,11,13,20,23H,10,12,14-15H2. The molecule has 0 fully saturated rings. The predicted octanol–water partition coefficient (Wildman–Crippen LogP) is 2.70. The predicted molar refractivity (Wildman–Crippen MR) is 91.3 cm³/mol. The van der Waals surface area contributed by atoms with Crippen molar-refractivity contribution in [3.8, 4) is 5.69 Å². The highest BCUT2D eigenvalue weighted by Gasteiger charge is 1.98. The molecule has 0 radical (unpaired) electrons. The lowest BCUT2D eigenvalue weighted by molar-refractivity contribution is 0.282. The van der Waals surface area contributed by atoms with Crippen molar-refractivity contribution in [2.24, 2.45) is 0 Å². The Bertz CT molecular complexity index is 703. The van der Waals surface area contributed by atoms with Crippen LogP contribution in [0.15, 0.2) is 67.0 Å². The highest BCUT2D eigenvalue weighted by molar-refractivity contribution is 5.33. The van der Waals surface area contributed by atoms with Crippen LogP contribution in [0, 0.1) is 0 Å². The highest BCUT2D eigenvalue weighted by Crippen LogP contribution is 2.09. The monoisotopic (exact) mass is 307 g/mol. The van der Waals surface area contributed by atoms with E-state index in [4.69, 9.17) is 5.11 Å². The summed E-state index contributed by atoms with van der Waals surface area (Å²) in [5.74, 6) is 0. The molecule has 118 valence electrons. The van der Waals surface area contributed by atoms with Gasteiger partial charge >= 0.3 is 0 Å². The number of nitrogens with one attached hydrogen (secondary N) is 1. The Balaban J connectivity index is 1.45. The van der Waals surface area contributed by atoms with E-state index < -0.39 is 0 Å². The first-order valence-corrected chi connectivity index (χ1v) is 7.83. The van der Waals surface area contributed by atoms with E-state index in [2.05, 4.69) is 46.8 Å². The molecule has 23 heavy (non-hydrogen) atoms. The zero-order chi connectivity index (χ0) is 15.9. The number of nitrogens with zero attached hydrogens (tertiary/aromatic N) is 2. The van der Waals surface area contributed by atoms with E-state index in [9.17, 15) is 0 Å². The van der Waals surface area contributed by atoms with Crippen LogP contribution in [0.5, 0.6) is 0 Å². The van der Waals surface area contributed by atoms with Crippen molar-refractivity contribution < 1.29 is 5.11 Å². The molecular weight excluding hydrogens is 286 g/mol. The molecule has 0 saturated carbocycles. The molecule has 0 spiro atoms. The van der Waals surface area contributed by atoms with Crippen LogP contribution < -0.4 is 5.32 Å². The van der Waals surface area contributed by atoms with E-state index in [1.165, 1.54) is 11.1 Å². The quantitative estimate of drug-likeness (QED) is 0.660. The topological polar surface area (TPSA) is 50.1 Å². The number of aliphatic hydroxyl groups is 1. The van der Waals surface area contributed by atoms with E-state index in [0.29, 0.717) is 0 Å². The minimum absolute atomic E-state index is 0.104. The Morgan fingerprint density at radius 3 is 2.26 bits per heavy atom. The van der Waals surface area contributed by atoms with Crippen LogP contribution in [0.3, 0.4) is 0 Å². The molecule has 2 N–H and O–H groups in total. The molecule has 0 saturated heterocycles. The van der Waals surface area contributed by atoms with Gasteiger partial charge in [-0.2, -0.15) is 5.10 Å². The molecule has 0 atom stereocenters. The Morgan fingerprint density at radius 1 is 0.913 bits per heavy atom. The second kappa shape index (κ2) is 7.72. The van der Waals surface area contributed by atoms with E-state index in [1.807, 2.05) is 29.1 Å². The summed E-state index contributed by atoms with van der Waals surface area (Å²) in [6.45, 7) is 1.89.